The van der Waals surface area contributed by atoms with Gasteiger partial charge in [0, 0.05) is 50.2 Å². The molecule has 8 aromatic carbocycles. The smallest absolute Gasteiger partial charge is 0.137 e. The summed E-state index contributed by atoms with van der Waals surface area (Å²) in [7, 11) is 0. The molecule has 0 aliphatic carbocycles. The number of benzene rings is 8. The molecule has 0 unspecified atom stereocenters. The van der Waals surface area contributed by atoms with Crippen molar-refractivity contribution < 1.29 is 0 Å². The first-order valence-electron chi connectivity index (χ1n) is 20.1. The second kappa shape index (κ2) is 13.3. The van der Waals surface area contributed by atoms with Crippen LogP contribution in [-0.4, -0.2) is 18.5 Å². The molecule has 0 radical (unpaired) electrons. The van der Waals surface area contributed by atoms with Gasteiger partial charge in [-0.05, 0) is 101 Å². The van der Waals surface area contributed by atoms with Crippen molar-refractivity contribution in [3.63, 3.8) is 0 Å². The molecule has 0 fully saturated rings. The number of para-hydroxylation sites is 3. The van der Waals surface area contributed by atoms with Crippen LogP contribution in [0.25, 0.3) is 105 Å². The first kappa shape index (κ1) is 33.2. The predicted molar refractivity (Wildman–Crippen MR) is 246 cm³/mol. The van der Waals surface area contributed by atoms with Gasteiger partial charge in [0.1, 0.15) is 5.65 Å². The van der Waals surface area contributed by atoms with Crippen molar-refractivity contribution in [3.05, 3.63) is 219 Å². The van der Waals surface area contributed by atoms with Crippen LogP contribution >= 0.6 is 0 Å². The minimum absolute atomic E-state index is 0.934. The number of pyridine rings is 1. The Kier molecular flexibility index (Phi) is 7.50. The van der Waals surface area contributed by atoms with Crippen molar-refractivity contribution in [3.8, 4) is 56.1 Å². The average Bonchev–Trinajstić information content (AvgIpc) is 3.97. The maximum atomic E-state index is 5.11. The molecule has 0 aliphatic heterocycles. The molecule has 0 N–H and O–H groups in total. The largest absolute Gasteiger partial charge is 0.309 e. The maximum Gasteiger partial charge on any atom is 0.137 e. The molecule has 59 heavy (non-hydrogen) atoms. The number of imidazole rings is 1. The van der Waals surface area contributed by atoms with E-state index in [-0.39, 0.29) is 0 Å². The Balaban J connectivity index is 0.994. The molecular formula is C55H36N4. The number of hydrogen-bond donors (Lipinski definition) is 0. The number of nitrogens with zero attached hydrogens (tertiary/aromatic N) is 4. The predicted octanol–water partition coefficient (Wildman–Crippen LogP) is 14.2. The van der Waals surface area contributed by atoms with Crippen molar-refractivity contribution in [1.29, 1.82) is 0 Å². The van der Waals surface area contributed by atoms with E-state index in [1.165, 1.54) is 66.0 Å². The first-order chi connectivity index (χ1) is 29.3. The lowest BCUT2D eigenvalue weighted by atomic mass is 9.98. The minimum Gasteiger partial charge on any atom is -0.309 e. The molecule has 0 aliphatic rings. The molecule has 0 saturated heterocycles. The van der Waals surface area contributed by atoms with E-state index in [0.717, 1.165) is 39.4 Å². The summed E-state index contributed by atoms with van der Waals surface area (Å²) >= 11 is 0. The lowest BCUT2D eigenvalue weighted by Gasteiger charge is -2.09. The molecule has 12 aromatic rings. The standard InChI is InChI=1S/C55H36N4/c1-4-14-39(15-5-1)55-54(56-53-22-12-13-33-57(53)55)38-25-23-37(24-26-38)40-27-30-51-47(34-40)48-36-42(29-32-52(48)59(51)44-18-8-3-9-19-44)41-28-31-50-46(35-41)45-20-10-11-21-49(45)58(50)43-16-6-2-7-17-43/h1-36H. The van der Waals surface area contributed by atoms with Crippen molar-refractivity contribution in [2.24, 2.45) is 0 Å². The zero-order valence-corrected chi connectivity index (χ0v) is 32.1. The fourth-order valence-electron chi connectivity index (χ4n) is 9.13. The van der Waals surface area contributed by atoms with Crippen LogP contribution in [0.1, 0.15) is 0 Å². The second-order valence-electron chi connectivity index (χ2n) is 15.2. The van der Waals surface area contributed by atoms with Gasteiger partial charge < -0.3 is 9.13 Å². The monoisotopic (exact) mass is 752 g/mol. The molecule has 4 aromatic heterocycles. The number of hydrogen-bond acceptors (Lipinski definition) is 1. The fraction of sp³-hybridized carbons (Fsp3) is 0. The number of aromatic nitrogens is 4. The van der Waals surface area contributed by atoms with Crippen molar-refractivity contribution in [2.75, 3.05) is 0 Å². The average molecular weight is 753 g/mol. The van der Waals surface area contributed by atoms with Gasteiger partial charge in [0.25, 0.3) is 0 Å². The zero-order chi connectivity index (χ0) is 38.9. The van der Waals surface area contributed by atoms with Crippen LogP contribution in [0.5, 0.6) is 0 Å². The van der Waals surface area contributed by atoms with Gasteiger partial charge in [0.15, 0.2) is 0 Å². The van der Waals surface area contributed by atoms with Crippen molar-refractivity contribution >= 4 is 49.3 Å². The number of rotatable bonds is 6. The van der Waals surface area contributed by atoms with Crippen LogP contribution in [-0.2, 0) is 0 Å². The molecule has 12 rings (SSSR count). The van der Waals surface area contributed by atoms with Crippen LogP contribution in [0, 0.1) is 0 Å². The molecule has 0 amide bonds. The first-order valence-corrected chi connectivity index (χ1v) is 20.1. The fourth-order valence-corrected chi connectivity index (χ4v) is 9.13. The van der Waals surface area contributed by atoms with Crippen LogP contribution in [0.2, 0.25) is 0 Å². The van der Waals surface area contributed by atoms with E-state index in [4.69, 9.17) is 4.98 Å². The SMILES string of the molecule is c1ccc(-c2c(-c3ccc(-c4ccc5c(c4)c4cc(-c6ccc7c(c6)c6ccccc6n7-c6ccccc6)ccc4n5-c4ccccc4)cc3)nc3ccccn23)cc1. The highest BCUT2D eigenvalue weighted by atomic mass is 15.0. The summed E-state index contributed by atoms with van der Waals surface area (Å²) in [5.74, 6) is 0. The lowest BCUT2D eigenvalue weighted by Crippen LogP contribution is -1.93. The van der Waals surface area contributed by atoms with E-state index < -0.39 is 0 Å². The minimum atomic E-state index is 0.934. The Hall–Kier alpha value is -7.95. The summed E-state index contributed by atoms with van der Waals surface area (Å²) in [6.45, 7) is 0. The van der Waals surface area contributed by atoms with Gasteiger partial charge in [-0.15, -0.1) is 0 Å². The van der Waals surface area contributed by atoms with Gasteiger partial charge in [0.05, 0.1) is 33.5 Å². The Morgan fingerprint density at radius 3 is 1.34 bits per heavy atom. The molecule has 276 valence electrons. The van der Waals surface area contributed by atoms with Crippen LogP contribution in [0.3, 0.4) is 0 Å². The second-order valence-corrected chi connectivity index (χ2v) is 15.2. The van der Waals surface area contributed by atoms with E-state index >= 15 is 0 Å². The molecule has 4 nitrogen and oxygen atoms in total. The Labute approximate surface area is 341 Å². The molecule has 4 heterocycles. The van der Waals surface area contributed by atoms with E-state index in [2.05, 4.69) is 226 Å². The van der Waals surface area contributed by atoms with Gasteiger partial charge in [-0.25, -0.2) is 4.98 Å². The Morgan fingerprint density at radius 1 is 0.305 bits per heavy atom. The van der Waals surface area contributed by atoms with Gasteiger partial charge in [-0.1, -0.05) is 133 Å². The highest BCUT2D eigenvalue weighted by Crippen LogP contribution is 2.40. The van der Waals surface area contributed by atoms with Crippen molar-refractivity contribution in [1.82, 2.24) is 18.5 Å². The van der Waals surface area contributed by atoms with Gasteiger partial charge in [-0.3, -0.25) is 4.40 Å². The van der Waals surface area contributed by atoms with E-state index in [0.29, 0.717) is 0 Å². The molecule has 0 saturated carbocycles. The third-order valence-corrected chi connectivity index (χ3v) is 11.9. The molecule has 0 bridgehead atoms. The summed E-state index contributed by atoms with van der Waals surface area (Å²) < 4.78 is 6.95. The summed E-state index contributed by atoms with van der Waals surface area (Å²) in [5, 5.41) is 4.95. The summed E-state index contributed by atoms with van der Waals surface area (Å²) in [4.78, 5) is 5.11. The normalized spacial score (nSPS) is 11.7. The van der Waals surface area contributed by atoms with Crippen LogP contribution < -0.4 is 0 Å². The number of fused-ring (bicyclic) bond motifs is 7. The lowest BCUT2D eigenvalue weighted by molar-refractivity contribution is 1.18. The molecule has 4 heteroatoms. The van der Waals surface area contributed by atoms with E-state index in [1.807, 2.05) is 6.07 Å². The third kappa shape index (κ3) is 5.34. The van der Waals surface area contributed by atoms with Crippen molar-refractivity contribution in [2.45, 2.75) is 0 Å². The summed E-state index contributed by atoms with van der Waals surface area (Å²) in [5.41, 5.74) is 17.1. The van der Waals surface area contributed by atoms with Gasteiger partial charge >= 0.3 is 0 Å². The van der Waals surface area contributed by atoms with Gasteiger partial charge in [-0.2, -0.15) is 0 Å². The zero-order valence-electron chi connectivity index (χ0n) is 32.1. The Bertz CT molecular complexity index is 3520. The van der Waals surface area contributed by atoms with Gasteiger partial charge in [0.2, 0.25) is 0 Å². The molecule has 0 spiro atoms. The van der Waals surface area contributed by atoms with E-state index in [9.17, 15) is 0 Å². The van der Waals surface area contributed by atoms with Crippen LogP contribution in [0.15, 0.2) is 219 Å². The van der Waals surface area contributed by atoms with E-state index in [1.54, 1.807) is 0 Å². The topological polar surface area (TPSA) is 27.2 Å². The molecular weight excluding hydrogens is 717 g/mol. The highest BCUT2D eigenvalue weighted by molar-refractivity contribution is 6.13. The quantitative estimate of drug-likeness (QED) is 0.166. The Morgan fingerprint density at radius 2 is 0.746 bits per heavy atom. The molecule has 0 atom stereocenters. The van der Waals surface area contributed by atoms with Crippen LogP contribution in [0.4, 0.5) is 0 Å². The summed E-state index contributed by atoms with van der Waals surface area (Å²) in [6.07, 6.45) is 2.10. The summed E-state index contributed by atoms with van der Waals surface area (Å²) in [6, 6.07) is 76.5. The highest BCUT2D eigenvalue weighted by Gasteiger charge is 2.19. The third-order valence-electron chi connectivity index (χ3n) is 11.9. The maximum absolute atomic E-state index is 5.11.